The van der Waals surface area contributed by atoms with Crippen molar-refractivity contribution in [3.8, 4) is 12.1 Å². The van der Waals surface area contributed by atoms with E-state index in [-0.39, 0.29) is 21.3 Å². The zero-order chi connectivity index (χ0) is 13.0. The van der Waals surface area contributed by atoms with E-state index in [0.29, 0.717) is 4.47 Å². The largest absolute Gasteiger partial charge is 0.356 e. The molecule has 1 aromatic rings. The molecule has 0 heterocycles. The van der Waals surface area contributed by atoms with Gasteiger partial charge in [0, 0.05) is 10.7 Å². The Bertz CT molecular complexity index is 556. The minimum absolute atomic E-state index is 0.00222. The molecule has 0 radical (unpaired) electrons. The van der Waals surface area contributed by atoms with E-state index < -0.39 is 5.82 Å². The van der Waals surface area contributed by atoms with Gasteiger partial charge < -0.3 is 5.32 Å². The lowest BCUT2D eigenvalue weighted by molar-refractivity contribution is 0.631. The SMILES string of the molecule is N#CC(C#N)=CNc1c(Br)cc(Cl)c(Cl)c1F. The van der Waals surface area contributed by atoms with E-state index in [0.717, 1.165) is 6.20 Å². The summed E-state index contributed by atoms with van der Waals surface area (Å²) >= 11 is 14.4. The molecule has 0 fully saturated rings. The van der Waals surface area contributed by atoms with E-state index in [4.69, 9.17) is 33.7 Å². The van der Waals surface area contributed by atoms with Gasteiger partial charge in [-0.05, 0) is 22.0 Å². The first-order valence-corrected chi connectivity index (χ1v) is 5.66. The molecular formula is C10H3BrCl2FN3. The summed E-state index contributed by atoms with van der Waals surface area (Å²) in [5, 5.41) is 19.3. The van der Waals surface area contributed by atoms with Gasteiger partial charge in [0.2, 0.25) is 0 Å². The van der Waals surface area contributed by atoms with Crippen LogP contribution >= 0.6 is 39.1 Å². The molecule has 0 saturated heterocycles. The maximum absolute atomic E-state index is 13.7. The highest BCUT2D eigenvalue weighted by Gasteiger charge is 2.14. The Balaban J connectivity index is 3.18. The van der Waals surface area contributed by atoms with Crippen molar-refractivity contribution in [3.63, 3.8) is 0 Å². The molecule has 0 aliphatic carbocycles. The van der Waals surface area contributed by atoms with Crippen LogP contribution in [0.1, 0.15) is 0 Å². The van der Waals surface area contributed by atoms with Gasteiger partial charge in [-0.15, -0.1) is 0 Å². The number of rotatable bonds is 2. The summed E-state index contributed by atoms with van der Waals surface area (Å²) in [6.07, 6.45) is 1.08. The Morgan fingerprint density at radius 1 is 1.41 bits per heavy atom. The maximum atomic E-state index is 13.7. The van der Waals surface area contributed by atoms with Gasteiger partial charge in [0.15, 0.2) is 5.82 Å². The van der Waals surface area contributed by atoms with Crippen LogP contribution in [0.15, 0.2) is 22.3 Å². The lowest BCUT2D eigenvalue weighted by atomic mass is 10.3. The van der Waals surface area contributed by atoms with Crippen LogP contribution in [0.4, 0.5) is 10.1 Å². The number of nitriles is 2. The molecule has 0 amide bonds. The minimum atomic E-state index is -0.766. The Morgan fingerprint density at radius 2 is 2.00 bits per heavy atom. The van der Waals surface area contributed by atoms with Gasteiger partial charge >= 0.3 is 0 Å². The first-order chi connectivity index (χ1) is 8.01. The highest BCUT2D eigenvalue weighted by molar-refractivity contribution is 9.10. The number of anilines is 1. The molecule has 0 bridgehead atoms. The van der Waals surface area contributed by atoms with Gasteiger partial charge in [0.1, 0.15) is 17.7 Å². The van der Waals surface area contributed by atoms with E-state index in [2.05, 4.69) is 21.2 Å². The number of nitrogens with zero attached hydrogens (tertiary/aromatic N) is 2. The second-order valence-electron chi connectivity index (χ2n) is 2.77. The normalized spacial score (nSPS) is 9.06. The molecule has 0 saturated carbocycles. The van der Waals surface area contributed by atoms with Gasteiger partial charge in [-0.3, -0.25) is 0 Å². The molecule has 0 aromatic heterocycles. The average molecular weight is 335 g/mol. The fourth-order valence-electron chi connectivity index (χ4n) is 0.932. The second kappa shape index (κ2) is 5.88. The van der Waals surface area contributed by atoms with Crippen LogP contribution in [-0.2, 0) is 0 Å². The number of hydrogen-bond acceptors (Lipinski definition) is 3. The van der Waals surface area contributed by atoms with Crippen molar-refractivity contribution in [1.82, 2.24) is 0 Å². The quantitative estimate of drug-likeness (QED) is 0.500. The summed E-state index contributed by atoms with van der Waals surface area (Å²) in [7, 11) is 0. The summed E-state index contributed by atoms with van der Waals surface area (Å²) in [6.45, 7) is 0. The van der Waals surface area contributed by atoms with Crippen LogP contribution in [0.3, 0.4) is 0 Å². The van der Waals surface area contributed by atoms with Crippen molar-refractivity contribution in [2.24, 2.45) is 0 Å². The average Bonchev–Trinajstić information content (AvgIpc) is 2.31. The highest BCUT2D eigenvalue weighted by atomic mass is 79.9. The van der Waals surface area contributed by atoms with Crippen molar-refractivity contribution in [1.29, 1.82) is 10.5 Å². The molecule has 1 aromatic carbocycles. The Morgan fingerprint density at radius 3 is 2.53 bits per heavy atom. The summed E-state index contributed by atoms with van der Waals surface area (Å²) in [5.41, 5.74) is -0.190. The molecule has 0 aliphatic rings. The molecule has 1 rings (SSSR count). The van der Waals surface area contributed by atoms with Gasteiger partial charge in [-0.25, -0.2) is 4.39 Å². The first-order valence-electron chi connectivity index (χ1n) is 4.11. The van der Waals surface area contributed by atoms with Crippen molar-refractivity contribution in [2.75, 3.05) is 5.32 Å². The summed E-state index contributed by atoms with van der Waals surface area (Å²) in [5.74, 6) is -0.766. The van der Waals surface area contributed by atoms with Crippen LogP contribution < -0.4 is 5.32 Å². The fourth-order valence-corrected chi connectivity index (χ4v) is 1.92. The standard InChI is InChI=1S/C10H3BrCl2FN3/c11-6-1-7(12)8(13)9(14)10(6)17-4-5(2-15)3-16/h1,4,17H. The van der Waals surface area contributed by atoms with Crippen LogP contribution in [0.2, 0.25) is 10.0 Å². The Kier molecular flexibility index (Phi) is 4.77. The zero-order valence-electron chi connectivity index (χ0n) is 8.06. The lowest BCUT2D eigenvalue weighted by Gasteiger charge is -2.08. The third-order valence-electron chi connectivity index (χ3n) is 1.72. The highest BCUT2D eigenvalue weighted by Crippen LogP contribution is 2.36. The van der Waals surface area contributed by atoms with E-state index in [1.165, 1.54) is 6.07 Å². The van der Waals surface area contributed by atoms with Gasteiger partial charge in [0.25, 0.3) is 0 Å². The molecule has 7 heteroatoms. The molecule has 3 nitrogen and oxygen atoms in total. The molecule has 0 atom stereocenters. The predicted octanol–water partition coefficient (Wildman–Crippen LogP) is 4.24. The lowest BCUT2D eigenvalue weighted by Crippen LogP contribution is -1.96. The topological polar surface area (TPSA) is 59.6 Å². The molecule has 17 heavy (non-hydrogen) atoms. The number of hydrogen-bond donors (Lipinski definition) is 1. The Hall–Kier alpha value is -1.27. The molecule has 0 unspecified atom stereocenters. The molecule has 0 spiro atoms. The third-order valence-corrected chi connectivity index (χ3v) is 3.11. The van der Waals surface area contributed by atoms with Crippen LogP contribution in [0, 0.1) is 28.5 Å². The summed E-state index contributed by atoms with van der Waals surface area (Å²) < 4.78 is 14.0. The summed E-state index contributed by atoms with van der Waals surface area (Å²) in [4.78, 5) is 0. The van der Waals surface area contributed by atoms with Crippen molar-refractivity contribution in [2.45, 2.75) is 0 Å². The summed E-state index contributed by atoms with van der Waals surface area (Å²) in [6, 6.07) is 4.66. The van der Waals surface area contributed by atoms with Crippen LogP contribution in [-0.4, -0.2) is 0 Å². The zero-order valence-corrected chi connectivity index (χ0v) is 11.2. The van der Waals surface area contributed by atoms with E-state index in [9.17, 15) is 4.39 Å². The molecule has 1 N–H and O–H groups in total. The number of benzene rings is 1. The molecular weight excluding hydrogens is 332 g/mol. The van der Waals surface area contributed by atoms with Gasteiger partial charge in [-0.1, -0.05) is 23.2 Å². The van der Waals surface area contributed by atoms with E-state index >= 15 is 0 Å². The van der Waals surface area contributed by atoms with Crippen LogP contribution in [0.25, 0.3) is 0 Å². The van der Waals surface area contributed by atoms with Gasteiger partial charge in [-0.2, -0.15) is 10.5 Å². The second-order valence-corrected chi connectivity index (χ2v) is 4.41. The number of nitrogens with one attached hydrogen (secondary N) is 1. The van der Waals surface area contributed by atoms with Crippen molar-refractivity contribution >= 4 is 44.8 Å². The molecule has 86 valence electrons. The minimum Gasteiger partial charge on any atom is -0.356 e. The number of halogens is 4. The van der Waals surface area contributed by atoms with Crippen molar-refractivity contribution in [3.05, 3.63) is 38.2 Å². The fraction of sp³-hybridized carbons (Fsp3) is 0. The maximum Gasteiger partial charge on any atom is 0.167 e. The smallest absolute Gasteiger partial charge is 0.167 e. The van der Waals surface area contributed by atoms with Crippen LogP contribution in [0.5, 0.6) is 0 Å². The third kappa shape index (κ3) is 3.10. The van der Waals surface area contributed by atoms with E-state index in [1.54, 1.807) is 12.1 Å². The molecule has 0 aliphatic heterocycles. The number of allylic oxidation sites excluding steroid dienone is 1. The first kappa shape index (κ1) is 13.8. The van der Waals surface area contributed by atoms with E-state index in [1.807, 2.05) is 0 Å². The monoisotopic (exact) mass is 333 g/mol. The van der Waals surface area contributed by atoms with Gasteiger partial charge in [0.05, 0.1) is 15.7 Å². The predicted molar refractivity (Wildman–Crippen MR) is 67.1 cm³/mol. The Labute approximate surface area is 115 Å². The van der Waals surface area contributed by atoms with Crippen molar-refractivity contribution < 1.29 is 4.39 Å².